The molecule has 0 saturated heterocycles. The molecule has 0 fully saturated rings. The zero-order valence-electron chi connectivity index (χ0n) is 13.0. The summed E-state index contributed by atoms with van der Waals surface area (Å²) in [6.45, 7) is 0.812. The van der Waals surface area contributed by atoms with Crippen LogP contribution in [0.5, 0.6) is 0 Å². The lowest BCUT2D eigenvalue weighted by Crippen LogP contribution is -2.43. The summed E-state index contributed by atoms with van der Waals surface area (Å²) in [6.07, 6.45) is 0.883. The Morgan fingerprint density at radius 3 is 1.90 bits per heavy atom. The van der Waals surface area contributed by atoms with E-state index in [1.807, 2.05) is 30.9 Å². The molecule has 5 nitrogen and oxygen atoms in total. The molecule has 0 aliphatic carbocycles. The van der Waals surface area contributed by atoms with Gasteiger partial charge in [0, 0.05) is 55.1 Å². The quantitative estimate of drug-likeness (QED) is 0.506. The van der Waals surface area contributed by atoms with Crippen LogP contribution < -0.4 is 0 Å². The normalized spacial score (nSPS) is 11.3. The molecule has 0 N–H and O–H groups in total. The van der Waals surface area contributed by atoms with Crippen LogP contribution in [0.4, 0.5) is 0 Å². The average molecular weight is 357 g/mol. The first-order chi connectivity index (χ1) is 9.31. The summed E-state index contributed by atoms with van der Waals surface area (Å²) in [6, 6.07) is 0.756. The number of thiocarbonyl (C=S) groups is 2. The molecule has 0 amide bonds. The molecular weight excluding hydrogens is 332 g/mol. The number of hydrogen-bond acceptors (Lipinski definition) is 6. The molecule has 0 aliphatic rings. The van der Waals surface area contributed by atoms with E-state index in [1.165, 1.54) is 11.8 Å². The van der Waals surface area contributed by atoms with Gasteiger partial charge >= 0.3 is 8.80 Å². The smallest absolute Gasteiger partial charge is 0.377 e. The van der Waals surface area contributed by atoms with Crippen LogP contribution in [0.1, 0.15) is 6.42 Å². The summed E-state index contributed by atoms with van der Waals surface area (Å²) in [5.74, 6) is 0. The lowest BCUT2D eigenvalue weighted by Gasteiger charge is -2.26. The van der Waals surface area contributed by atoms with Crippen LogP contribution in [0.25, 0.3) is 0 Å². The Balaban J connectivity index is 4.19. The zero-order valence-corrected chi connectivity index (χ0v) is 16.4. The number of thioether (sulfide) groups is 1. The third-order valence-electron chi connectivity index (χ3n) is 2.76. The molecule has 0 spiro atoms. The van der Waals surface area contributed by atoms with E-state index in [0.717, 1.165) is 27.7 Å². The van der Waals surface area contributed by atoms with E-state index in [4.69, 9.17) is 37.7 Å². The Hall–Kier alpha value is 0.227. The van der Waals surface area contributed by atoms with Crippen molar-refractivity contribution in [3.05, 3.63) is 0 Å². The minimum Gasteiger partial charge on any atom is -0.377 e. The summed E-state index contributed by atoms with van der Waals surface area (Å²) in [7, 11) is 8.17. The van der Waals surface area contributed by atoms with Crippen molar-refractivity contribution in [3.8, 4) is 0 Å². The molecule has 20 heavy (non-hydrogen) atoms. The molecule has 0 bridgehead atoms. The largest absolute Gasteiger partial charge is 0.500 e. The monoisotopic (exact) mass is 356 g/mol. The van der Waals surface area contributed by atoms with Crippen molar-refractivity contribution in [2.24, 2.45) is 0 Å². The van der Waals surface area contributed by atoms with Gasteiger partial charge in [-0.1, -0.05) is 24.4 Å². The maximum absolute atomic E-state index is 5.39. The van der Waals surface area contributed by atoms with Crippen LogP contribution in [0.3, 0.4) is 0 Å². The van der Waals surface area contributed by atoms with Gasteiger partial charge in [0.2, 0.25) is 0 Å². The highest BCUT2D eigenvalue weighted by molar-refractivity contribution is 8.37. The molecule has 0 aromatic heterocycles. The Morgan fingerprint density at radius 1 is 1.00 bits per heavy atom. The maximum Gasteiger partial charge on any atom is 0.500 e. The number of hydrogen-bond donors (Lipinski definition) is 0. The molecule has 9 heteroatoms. The van der Waals surface area contributed by atoms with Gasteiger partial charge in [-0.25, -0.2) is 0 Å². The molecule has 0 rings (SSSR count). The standard InChI is InChI=1S/C11H24N2O3S3Si/c1-12(2)10(17)19-11(18)13(3)8-7-9-20(14-4,15-5)16-6/h7-9H2,1-6H3. The molecule has 0 radical (unpaired) electrons. The van der Waals surface area contributed by atoms with E-state index < -0.39 is 8.80 Å². The number of rotatable bonds is 7. The fraction of sp³-hybridized carbons (Fsp3) is 0.818. The highest BCUT2D eigenvalue weighted by Gasteiger charge is 2.37. The van der Waals surface area contributed by atoms with Gasteiger partial charge in [0.05, 0.1) is 0 Å². The molecule has 0 saturated carbocycles. The first kappa shape index (κ1) is 20.2. The van der Waals surface area contributed by atoms with Crippen molar-refractivity contribution in [2.45, 2.75) is 12.5 Å². The SMILES string of the molecule is CO[Si](CCCN(C)C(=S)SC(=S)N(C)C)(OC)OC. The van der Waals surface area contributed by atoms with Crippen LogP contribution in [0.2, 0.25) is 6.04 Å². The first-order valence-corrected chi connectivity index (χ1v) is 9.68. The van der Waals surface area contributed by atoms with Gasteiger partial charge in [-0.15, -0.1) is 0 Å². The molecule has 118 valence electrons. The maximum atomic E-state index is 5.39. The molecule has 0 aromatic rings. The Bertz CT molecular complexity index is 320. The van der Waals surface area contributed by atoms with Crippen molar-refractivity contribution < 1.29 is 13.3 Å². The van der Waals surface area contributed by atoms with Crippen LogP contribution in [0.15, 0.2) is 0 Å². The lowest BCUT2D eigenvalue weighted by molar-refractivity contribution is 0.122. The van der Waals surface area contributed by atoms with Crippen LogP contribution in [0, 0.1) is 0 Å². The zero-order chi connectivity index (χ0) is 15.8. The van der Waals surface area contributed by atoms with Gasteiger partial charge in [-0.3, -0.25) is 0 Å². The fourth-order valence-corrected chi connectivity index (χ4v) is 4.43. The second-order valence-electron chi connectivity index (χ2n) is 4.35. The van der Waals surface area contributed by atoms with Gasteiger partial charge in [0.1, 0.15) is 8.64 Å². The van der Waals surface area contributed by atoms with Crippen molar-refractivity contribution in [2.75, 3.05) is 49.0 Å². The topological polar surface area (TPSA) is 34.2 Å². The van der Waals surface area contributed by atoms with Crippen molar-refractivity contribution >= 4 is 53.6 Å². The van der Waals surface area contributed by atoms with E-state index in [1.54, 1.807) is 21.3 Å². The van der Waals surface area contributed by atoms with Gasteiger partial charge in [0.15, 0.2) is 0 Å². The first-order valence-electron chi connectivity index (χ1n) is 6.11. The fourth-order valence-electron chi connectivity index (χ4n) is 1.42. The van der Waals surface area contributed by atoms with E-state index in [9.17, 15) is 0 Å². The van der Waals surface area contributed by atoms with Gasteiger partial charge in [-0.05, 0) is 18.2 Å². The second-order valence-corrected chi connectivity index (χ2v) is 9.71. The third-order valence-corrected chi connectivity index (χ3v) is 7.80. The summed E-state index contributed by atoms with van der Waals surface area (Å²) in [4.78, 5) is 3.88. The summed E-state index contributed by atoms with van der Waals surface area (Å²) < 4.78 is 17.7. The van der Waals surface area contributed by atoms with E-state index >= 15 is 0 Å². The van der Waals surface area contributed by atoms with E-state index in [0.29, 0.717) is 0 Å². The summed E-state index contributed by atoms with van der Waals surface area (Å²) >= 11 is 12.0. The van der Waals surface area contributed by atoms with Gasteiger partial charge in [-0.2, -0.15) is 0 Å². The van der Waals surface area contributed by atoms with Crippen LogP contribution >= 0.6 is 36.2 Å². The Labute approximate surface area is 138 Å². The molecule has 0 aliphatic heterocycles. The van der Waals surface area contributed by atoms with Crippen molar-refractivity contribution in [3.63, 3.8) is 0 Å². The van der Waals surface area contributed by atoms with E-state index in [-0.39, 0.29) is 0 Å². The molecule has 0 unspecified atom stereocenters. The Kier molecular flexibility index (Phi) is 10.2. The highest BCUT2D eigenvalue weighted by Crippen LogP contribution is 2.17. The van der Waals surface area contributed by atoms with Crippen molar-refractivity contribution in [1.82, 2.24) is 9.80 Å². The van der Waals surface area contributed by atoms with Crippen LogP contribution in [-0.4, -0.2) is 76.3 Å². The molecule has 0 aromatic carbocycles. The second kappa shape index (κ2) is 10.0. The predicted octanol–water partition coefficient (Wildman–Crippen LogP) is 2.05. The number of nitrogens with zero attached hydrogens (tertiary/aromatic N) is 2. The molecule has 0 atom stereocenters. The van der Waals surface area contributed by atoms with Gasteiger partial charge < -0.3 is 23.1 Å². The third kappa shape index (κ3) is 6.79. The molecule has 0 heterocycles. The Morgan fingerprint density at radius 2 is 1.50 bits per heavy atom. The minimum atomic E-state index is -2.48. The van der Waals surface area contributed by atoms with E-state index in [2.05, 4.69) is 0 Å². The summed E-state index contributed by atoms with van der Waals surface area (Å²) in [5, 5.41) is 0. The minimum absolute atomic E-state index is 0.756. The summed E-state index contributed by atoms with van der Waals surface area (Å²) in [5.41, 5.74) is 0. The molecular formula is C11H24N2O3S3Si. The highest BCUT2D eigenvalue weighted by atomic mass is 32.2. The average Bonchev–Trinajstić information content (AvgIpc) is 2.43. The van der Waals surface area contributed by atoms with Gasteiger partial charge in [0.25, 0.3) is 0 Å². The lowest BCUT2D eigenvalue weighted by atomic mass is 10.5. The predicted molar refractivity (Wildman–Crippen MR) is 95.3 cm³/mol. The van der Waals surface area contributed by atoms with Crippen LogP contribution in [-0.2, 0) is 13.3 Å². The van der Waals surface area contributed by atoms with Crippen molar-refractivity contribution in [1.29, 1.82) is 0 Å².